The Morgan fingerprint density at radius 3 is 2.61 bits per heavy atom. The molecule has 0 unspecified atom stereocenters. The number of benzene rings is 1. The average Bonchev–Trinajstić information content (AvgIpc) is 2.38. The van der Waals surface area contributed by atoms with Crippen molar-refractivity contribution in [2.45, 2.75) is 26.7 Å². The van der Waals surface area contributed by atoms with E-state index >= 15 is 0 Å². The van der Waals surface area contributed by atoms with Crippen molar-refractivity contribution in [1.82, 2.24) is 5.32 Å². The average molecular weight is 250 g/mol. The molecule has 0 spiro atoms. The summed E-state index contributed by atoms with van der Waals surface area (Å²) in [6, 6.07) is 8.17. The van der Waals surface area contributed by atoms with Crippen molar-refractivity contribution in [3.8, 4) is 5.75 Å². The molecule has 0 aliphatic rings. The number of nitrogens with two attached hydrogens (primary N) is 1. The SMILES string of the molecule is COc1ccccc1CCNCCC(C)(C)CN. The van der Waals surface area contributed by atoms with E-state index in [0.29, 0.717) is 0 Å². The molecule has 102 valence electrons. The zero-order chi connectivity index (χ0) is 13.4. The summed E-state index contributed by atoms with van der Waals surface area (Å²) in [5.41, 5.74) is 7.19. The standard InChI is InChI=1S/C15H26N2O/c1-15(2,12-16)9-11-17-10-8-13-6-4-5-7-14(13)18-3/h4-7,17H,8-12,16H2,1-3H3. The molecule has 0 heterocycles. The molecule has 1 rings (SSSR count). The van der Waals surface area contributed by atoms with Gasteiger partial charge in [-0.25, -0.2) is 0 Å². The number of ether oxygens (including phenoxy) is 1. The lowest BCUT2D eigenvalue weighted by Gasteiger charge is -2.22. The molecule has 18 heavy (non-hydrogen) atoms. The maximum absolute atomic E-state index is 5.71. The van der Waals surface area contributed by atoms with Gasteiger partial charge in [-0.1, -0.05) is 32.0 Å². The molecule has 3 heteroatoms. The van der Waals surface area contributed by atoms with Crippen molar-refractivity contribution in [2.75, 3.05) is 26.7 Å². The van der Waals surface area contributed by atoms with Crippen LogP contribution in [0.15, 0.2) is 24.3 Å². The van der Waals surface area contributed by atoms with Crippen molar-refractivity contribution in [3.63, 3.8) is 0 Å². The smallest absolute Gasteiger partial charge is 0.122 e. The molecule has 0 aromatic heterocycles. The normalized spacial score (nSPS) is 11.6. The highest BCUT2D eigenvalue weighted by Crippen LogP contribution is 2.18. The fourth-order valence-electron chi connectivity index (χ4n) is 1.79. The Hall–Kier alpha value is -1.06. The van der Waals surface area contributed by atoms with Gasteiger partial charge in [0.25, 0.3) is 0 Å². The lowest BCUT2D eigenvalue weighted by Crippen LogP contribution is -2.29. The van der Waals surface area contributed by atoms with Gasteiger partial charge in [0.05, 0.1) is 7.11 Å². The van der Waals surface area contributed by atoms with E-state index in [0.717, 1.165) is 38.2 Å². The summed E-state index contributed by atoms with van der Waals surface area (Å²) in [6.07, 6.45) is 2.10. The van der Waals surface area contributed by atoms with Gasteiger partial charge in [-0.3, -0.25) is 0 Å². The Balaban J connectivity index is 2.26. The molecule has 0 radical (unpaired) electrons. The third-order valence-corrected chi connectivity index (χ3v) is 3.29. The topological polar surface area (TPSA) is 47.3 Å². The molecule has 0 aliphatic carbocycles. The van der Waals surface area contributed by atoms with Crippen molar-refractivity contribution in [2.24, 2.45) is 11.1 Å². The molecule has 0 atom stereocenters. The third-order valence-electron chi connectivity index (χ3n) is 3.29. The predicted molar refractivity (Wildman–Crippen MR) is 77.0 cm³/mol. The van der Waals surface area contributed by atoms with Crippen LogP contribution in [-0.2, 0) is 6.42 Å². The van der Waals surface area contributed by atoms with Crippen LogP contribution in [-0.4, -0.2) is 26.7 Å². The van der Waals surface area contributed by atoms with Gasteiger partial charge >= 0.3 is 0 Å². The third kappa shape index (κ3) is 5.07. The number of nitrogens with one attached hydrogen (secondary N) is 1. The Labute approximate surface area is 111 Å². The van der Waals surface area contributed by atoms with E-state index in [4.69, 9.17) is 10.5 Å². The Bertz CT molecular complexity index is 350. The lowest BCUT2D eigenvalue weighted by molar-refractivity contribution is 0.339. The van der Waals surface area contributed by atoms with Crippen LogP contribution >= 0.6 is 0 Å². The predicted octanol–water partition coefficient (Wildman–Crippen LogP) is 2.20. The molecule has 0 saturated heterocycles. The summed E-state index contributed by atoms with van der Waals surface area (Å²) in [5, 5.41) is 3.46. The first-order chi connectivity index (χ1) is 8.59. The minimum absolute atomic E-state index is 0.234. The van der Waals surface area contributed by atoms with E-state index in [1.807, 2.05) is 12.1 Å². The molecule has 0 fully saturated rings. The second-order valence-corrected chi connectivity index (χ2v) is 5.43. The van der Waals surface area contributed by atoms with Crippen LogP contribution in [0.5, 0.6) is 5.75 Å². The van der Waals surface area contributed by atoms with Crippen molar-refractivity contribution >= 4 is 0 Å². The summed E-state index contributed by atoms with van der Waals surface area (Å²) >= 11 is 0. The summed E-state index contributed by atoms with van der Waals surface area (Å²) in [4.78, 5) is 0. The van der Waals surface area contributed by atoms with E-state index < -0.39 is 0 Å². The highest BCUT2D eigenvalue weighted by molar-refractivity contribution is 5.33. The van der Waals surface area contributed by atoms with Crippen LogP contribution in [0.3, 0.4) is 0 Å². The highest BCUT2D eigenvalue weighted by atomic mass is 16.5. The molecule has 0 amide bonds. The fourth-order valence-corrected chi connectivity index (χ4v) is 1.79. The van der Waals surface area contributed by atoms with E-state index in [1.165, 1.54) is 5.56 Å². The van der Waals surface area contributed by atoms with Crippen LogP contribution in [0, 0.1) is 5.41 Å². The molecule has 0 bridgehead atoms. The summed E-state index contributed by atoms with van der Waals surface area (Å²) < 4.78 is 5.33. The Morgan fingerprint density at radius 2 is 1.94 bits per heavy atom. The first kappa shape index (κ1) is 15.0. The first-order valence-corrected chi connectivity index (χ1v) is 6.62. The fraction of sp³-hybridized carbons (Fsp3) is 0.600. The van der Waals surface area contributed by atoms with E-state index in [2.05, 4.69) is 31.3 Å². The molecular formula is C15H26N2O. The molecule has 0 saturated carbocycles. The monoisotopic (exact) mass is 250 g/mol. The molecule has 3 nitrogen and oxygen atoms in total. The van der Waals surface area contributed by atoms with Gasteiger partial charge < -0.3 is 15.8 Å². The minimum atomic E-state index is 0.234. The van der Waals surface area contributed by atoms with E-state index in [9.17, 15) is 0 Å². The number of hydrogen-bond donors (Lipinski definition) is 2. The van der Waals surface area contributed by atoms with Crippen molar-refractivity contribution < 1.29 is 4.74 Å². The molecule has 3 N–H and O–H groups in total. The van der Waals surface area contributed by atoms with E-state index in [-0.39, 0.29) is 5.41 Å². The second kappa shape index (κ2) is 7.39. The van der Waals surface area contributed by atoms with Gasteiger partial charge in [0, 0.05) is 0 Å². The zero-order valence-electron chi connectivity index (χ0n) is 11.8. The molecule has 1 aromatic carbocycles. The maximum Gasteiger partial charge on any atom is 0.122 e. The van der Waals surface area contributed by atoms with Gasteiger partial charge in [0.2, 0.25) is 0 Å². The molecular weight excluding hydrogens is 224 g/mol. The first-order valence-electron chi connectivity index (χ1n) is 6.62. The Kier molecular flexibility index (Phi) is 6.16. The van der Waals surface area contributed by atoms with Crippen molar-refractivity contribution in [1.29, 1.82) is 0 Å². The van der Waals surface area contributed by atoms with Crippen molar-refractivity contribution in [3.05, 3.63) is 29.8 Å². The summed E-state index contributed by atoms with van der Waals surface area (Å²) in [7, 11) is 1.72. The summed E-state index contributed by atoms with van der Waals surface area (Å²) in [6.45, 7) is 7.13. The highest BCUT2D eigenvalue weighted by Gasteiger charge is 2.14. The molecule has 1 aromatic rings. The van der Waals surface area contributed by atoms with Gasteiger partial charge in [0.1, 0.15) is 5.75 Å². The Morgan fingerprint density at radius 1 is 1.22 bits per heavy atom. The number of hydrogen-bond acceptors (Lipinski definition) is 3. The van der Waals surface area contributed by atoms with Gasteiger partial charge in [-0.05, 0) is 49.5 Å². The van der Waals surface area contributed by atoms with Gasteiger partial charge in [-0.15, -0.1) is 0 Å². The van der Waals surface area contributed by atoms with E-state index in [1.54, 1.807) is 7.11 Å². The summed E-state index contributed by atoms with van der Waals surface area (Å²) in [5.74, 6) is 0.974. The van der Waals surface area contributed by atoms with Gasteiger partial charge in [0.15, 0.2) is 0 Å². The molecule has 0 aliphatic heterocycles. The van der Waals surface area contributed by atoms with Crippen LogP contribution in [0.25, 0.3) is 0 Å². The van der Waals surface area contributed by atoms with Crippen LogP contribution < -0.4 is 15.8 Å². The van der Waals surface area contributed by atoms with Gasteiger partial charge in [-0.2, -0.15) is 0 Å². The van der Waals surface area contributed by atoms with Crippen LogP contribution in [0.2, 0.25) is 0 Å². The van der Waals surface area contributed by atoms with Crippen LogP contribution in [0.4, 0.5) is 0 Å². The largest absolute Gasteiger partial charge is 0.496 e. The minimum Gasteiger partial charge on any atom is -0.496 e. The zero-order valence-corrected chi connectivity index (χ0v) is 11.8. The lowest BCUT2D eigenvalue weighted by atomic mass is 9.90. The number of rotatable bonds is 8. The maximum atomic E-state index is 5.71. The number of methoxy groups -OCH3 is 1. The quantitative estimate of drug-likeness (QED) is 0.695. The number of para-hydroxylation sites is 1. The van der Waals surface area contributed by atoms with Crippen LogP contribution in [0.1, 0.15) is 25.8 Å². The second-order valence-electron chi connectivity index (χ2n) is 5.43.